The molecule has 0 fully saturated rings. The zero-order chi connectivity index (χ0) is 9.26. The molecule has 0 spiro atoms. The predicted octanol–water partition coefficient (Wildman–Crippen LogP) is 0.217. The molecule has 0 aromatic carbocycles. The van der Waals surface area contributed by atoms with Gasteiger partial charge in [-0.3, -0.25) is 0 Å². The van der Waals surface area contributed by atoms with Gasteiger partial charge in [0.1, 0.15) is 0 Å². The predicted molar refractivity (Wildman–Crippen MR) is 43.0 cm³/mol. The number of carbonyl (C=O) groups excluding carboxylic acids is 1. The fraction of sp³-hybridized carbons (Fsp3) is 0.500. The van der Waals surface area contributed by atoms with Gasteiger partial charge in [-0.1, -0.05) is 5.16 Å². The van der Waals surface area contributed by atoms with Crippen LogP contribution in [0.4, 0.5) is 0 Å². The van der Waals surface area contributed by atoms with Gasteiger partial charge in [-0.05, 0) is 13.0 Å². The van der Waals surface area contributed by atoms with Crippen LogP contribution in [0.2, 0.25) is 0 Å². The van der Waals surface area contributed by atoms with Crippen molar-refractivity contribution < 1.29 is 19.1 Å². The second-order valence-corrected chi connectivity index (χ2v) is 2.65. The van der Waals surface area contributed by atoms with Gasteiger partial charge in [-0.2, -0.15) is 0 Å². The van der Waals surface area contributed by atoms with Crippen molar-refractivity contribution in [1.29, 1.82) is 0 Å². The Labute approximate surface area is 74.9 Å². The number of carbonyl (C=O) groups is 1. The molecule has 2 heterocycles. The molecular formula is C8H9NO4. The summed E-state index contributed by atoms with van der Waals surface area (Å²) in [5.41, 5.74) is 0.205. The van der Waals surface area contributed by atoms with Crippen molar-refractivity contribution in [3.63, 3.8) is 0 Å². The molecule has 5 heteroatoms. The molecule has 0 bridgehead atoms. The molecule has 0 amide bonds. The average molecular weight is 183 g/mol. The van der Waals surface area contributed by atoms with Gasteiger partial charge in [0.25, 0.3) is 0 Å². The van der Waals surface area contributed by atoms with Gasteiger partial charge in [-0.25, -0.2) is 4.79 Å². The SMILES string of the molecule is CCOC(=O)C1=NOC2C=COC12. The van der Waals surface area contributed by atoms with Crippen LogP contribution in [-0.2, 0) is 19.1 Å². The monoisotopic (exact) mass is 183 g/mol. The lowest BCUT2D eigenvalue weighted by Gasteiger charge is -2.07. The maximum atomic E-state index is 11.2. The van der Waals surface area contributed by atoms with Crippen molar-refractivity contribution in [2.75, 3.05) is 6.61 Å². The van der Waals surface area contributed by atoms with Crippen LogP contribution in [0.25, 0.3) is 0 Å². The van der Waals surface area contributed by atoms with Crippen molar-refractivity contribution in [2.24, 2.45) is 5.16 Å². The number of rotatable bonds is 2. The maximum Gasteiger partial charge on any atom is 0.360 e. The number of esters is 1. The van der Waals surface area contributed by atoms with E-state index in [9.17, 15) is 4.79 Å². The lowest BCUT2D eigenvalue weighted by Crippen LogP contribution is -2.32. The third-order valence-corrected chi connectivity index (χ3v) is 1.82. The third-order valence-electron chi connectivity index (χ3n) is 1.82. The Morgan fingerprint density at radius 1 is 1.77 bits per heavy atom. The molecule has 13 heavy (non-hydrogen) atoms. The van der Waals surface area contributed by atoms with E-state index >= 15 is 0 Å². The molecule has 0 aromatic rings. The number of oxime groups is 1. The largest absolute Gasteiger partial charge is 0.487 e. The minimum absolute atomic E-state index is 0.205. The molecule has 0 aromatic heterocycles. The molecule has 2 atom stereocenters. The second kappa shape index (κ2) is 3.08. The van der Waals surface area contributed by atoms with Crippen LogP contribution in [0.15, 0.2) is 17.5 Å². The second-order valence-electron chi connectivity index (χ2n) is 2.65. The number of ether oxygens (including phenoxy) is 2. The molecule has 2 rings (SSSR count). The molecule has 2 aliphatic heterocycles. The van der Waals surface area contributed by atoms with Gasteiger partial charge in [-0.15, -0.1) is 0 Å². The lowest BCUT2D eigenvalue weighted by molar-refractivity contribution is -0.135. The highest BCUT2D eigenvalue weighted by Gasteiger charge is 2.41. The van der Waals surface area contributed by atoms with Crippen LogP contribution in [0, 0.1) is 0 Å². The zero-order valence-electron chi connectivity index (χ0n) is 7.10. The third kappa shape index (κ3) is 1.26. The minimum atomic E-state index is -0.473. The van der Waals surface area contributed by atoms with Crippen molar-refractivity contribution in [3.05, 3.63) is 12.3 Å². The van der Waals surface area contributed by atoms with E-state index in [1.165, 1.54) is 6.26 Å². The highest BCUT2D eigenvalue weighted by Crippen LogP contribution is 2.22. The fourth-order valence-corrected chi connectivity index (χ4v) is 1.22. The number of fused-ring (bicyclic) bond motifs is 1. The number of nitrogens with zero attached hydrogens (tertiary/aromatic N) is 1. The molecule has 70 valence electrons. The van der Waals surface area contributed by atoms with E-state index in [1.807, 2.05) is 0 Å². The summed E-state index contributed by atoms with van der Waals surface area (Å²) >= 11 is 0. The summed E-state index contributed by atoms with van der Waals surface area (Å²) in [6, 6.07) is 0. The zero-order valence-corrected chi connectivity index (χ0v) is 7.10. The smallest absolute Gasteiger partial charge is 0.360 e. The molecule has 5 nitrogen and oxygen atoms in total. The Morgan fingerprint density at radius 2 is 2.62 bits per heavy atom. The van der Waals surface area contributed by atoms with Crippen LogP contribution < -0.4 is 0 Å². The quantitative estimate of drug-likeness (QED) is 0.574. The highest BCUT2D eigenvalue weighted by molar-refractivity contribution is 6.38. The van der Waals surface area contributed by atoms with Crippen molar-refractivity contribution in [3.8, 4) is 0 Å². The van der Waals surface area contributed by atoms with E-state index in [0.29, 0.717) is 6.61 Å². The molecular weight excluding hydrogens is 174 g/mol. The van der Waals surface area contributed by atoms with Gasteiger partial charge in [0.2, 0.25) is 5.71 Å². The summed E-state index contributed by atoms with van der Waals surface area (Å²) in [6.07, 6.45) is 2.53. The molecule has 0 radical (unpaired) electrons. The molecule has 0 saturated carbocycles. The van der Waals surface area contributed by atoms with Gasteiger partial charge in [0.15, 0.2) is 12.2 Å². The first-order valence-electron chi connectivity index (χ1n) is 4.06. The Bertz CT molecular complexity index is 284. The summed E-state index contributed by atoms with van der Waals surface area (Å²) in [5.74, 6) is -0.473. The summed E-state index contributed by atoms with van der Waals surface area (Å²) in [4.78, 5) is 16.2. The molecule has 0 aliphatic carbocycles. The van der Waals surface area contributed by atoms with Gasteiger partial charge in [0.05, 0.1) is 12.9 Å². The molecule has 0 saturated heterocycles. The van der Waals surface area contributed by atoms with Crippen LogP contribution in [-0.4, -0.2) is 30.5 Å². The first-order valence-corrected chi connectivity index (χ1v) is 4.06. The fourth-order valence-electron chi connectivity index (χ4n) is 1.22. The van der Waals surface area contributed by atoms with E-state index in [2.05, 4.69) is 5.16 Å². The van der Waals surface area contributed by atoms with Gasteiger partial charge < -0.3 is 14.3 Å². The Morgan fingerprint density at radius 3 is 3.38 bits per heavy atom. The lowest BCUT2D eigenvalue weighted by atomic mass is 10.1. The number of hydrogen-bond donors (Lipinski definition) is 0. The summed E-state index contributed by atoms with van der Waals surface area (Å²) in [6.45, 7) is 2.06. The van der Waals surface area contributed by atoms with Crippen molar-refractivity contribution in [1.82, 2.24) is 0 Å². The summed E-state index contributed by atoms with van der Waals surface area (Å²) < 4.78 is 9.90. The Balaban J connectivity index is 2.05. The summed E-state index contributed by atoms with van der Waals surface area (Å²) in [7, 11) is 0. The normalized spacial score (nSPS) is 28.8. The van der Waals surface area contributed by atoms with Crippen molar-refractivity contribution >= 4 is 11.7 Å². The number of hydrogen-bond acceptors (Lipinski definition) is 5. The first kappa shape index (κ1) is 8.10. The van der Waals surface area contributed by atoms with E-state index in [1.54, 1.807) is 13.0 Å². The van der Waals surface area contributed by atoms with E-state index in [4.69, 9.17) is 14.3 Å². The van der Waals surface area contributed by atoms with E-state index < -0.39 is 12.1 Å². The molecule has 2 aliphatic rings. The highest BCUT2D eigenvalue weighted by atomic mass is 16.7. The van der Waals surface area contributed by atoms with Gasteiger partial charge >= 0.3 is 5.97 Å². The van der Waals surface area contributed by atoms with Crippen LogP contribution in [0.1, 0.15) is 6.92 Å². The minimum Gasteiger partial charge on any atom is -0.487 e. The van der Waals surface area contributed by atoms with Crippen molar-refractivity contribution in [2.45, 2.75) is 19.1 Å². The van der Waals surface area contributed by atoms with Crippen LogP contribution in [0.5, 0.6) is 0 Å². The molecule has 2 unspecified atom stereocenters. The Hall–Kier alpha value is -1.52. The van der Waals surface area contributed by atoms with E-state index in [0.717, 1.165) is 0 Å². The van der Waals surface area contributed by atoms with E-state index in [-0.39, 0.29) is 11.8 Å². The van der Waals surface area contributed by atoms with Gasteiger partial charge in [0, 0.05) is 0 Å². The average Bonchev–Trinajstić information content (AvgIpc) is 2.62. The molecule has 0 N–H and O–H groups in total. The summed E-state index contributed by atoms with van der Waals surface area (Å²) in [5, 5.41) is 3.60. The standard InChI is InChI=1S/C8H9NO4/c1-2-11-8(10)6-7-5(13-9-6)3-4-12-7/h3-5,7H,2H2,1H3. The van der Waals surface area contributed by atoms with Crippen LogP contribution in [0.3, 0.4) is 0 Å². The van der Waals surface area contributed by atoms with Crippen LogP contribution >= 0.6 is 0 Å². The Kier molecular flexibility index (Phi) is 1.92. The maximum absolute atomic E-state index is 11.2. The topological polar surface area (TPSA) is 57.1 Å². The first-order chi connectivity index (χ1) is 6.33.